The van der Waals surface area contributed by atoms with Crippen LogP contribution >= 0.6 is 0 Å². The first-order chi connectivity index (χ1) is 8.70. The SMILES string of the molecule is O=C(C(F)F)N(C1CCCCC1)C1CCCCC1. The van der Waals surface area contributed by atoms with Gasteiger partial charge in [-0.1, -0.05) is 38.5 Å². The molecular weight excluding hydrogens is 236 g/mol. The molecule has 0 radical (unpaired) electrons. The summed E-state index contributed by atoms with van der Waals surface area (Å²) in [6, 6.07) is 0.145. The Hall–Kier alpha value is -0.670. The topological polar surface area (TPSA) is 20.3 Å². The molecule has 2 fully saturated rings. The van der Waals surface area contributed by atoms with Gasteiger partial charge in [-0.3, -0.25) is 4.79 Å². The predicted octanol–water partition coefficient (Wildman–Crippen LogP) is 3.75. The van der Waals surface area contributed by atoms with Gasteiger partial charge < -0.3 is 4.90 Å². The van der Waals surface area contributed by atoms with Crippen molar-refractivity contribution in [1.29, 1.82) is 0 Å². The van der Waals surface area contributed by atoms with Crippen molar-refractivity contribution in [2.24, 2.45) is 0 Å². The smallest absolute Gasteiger partial charge is 0.315 e. The molecule has 0 spiro atoms. The molecule has 0 aromatic carbocycles. The summed E-state index contributed by atoms with van der Waals surface area (Å²) in [5, 5.41) is 0. The molecule has 0 saturated heterocycles. The summed E-state index contributed by atoms with van der Waals surface area (Å²) < 4.78 is 25.6. The molecule has 0 aromatic heterocycles. The van der Waals surface area contributed by atoms with E-state index in [0.29, 0.717) is 0 Å². The minimum absolute atomic E-state index is 0.0725. The van der Waals surface area contributed by atoms with E-state index in [0.717, 1.165) is 51.4 Å². The highest BCUT2D eigenvalue weighted by molar-refractivity contribution is 5.80. The Balaban J connectivity index is 2.07. The number of rotatable bonds is 3. The summed E-state index contributed by atoms with van der Waals surface area (Å²) in [6.07, 6.45) is 7.46. The summed E-state index contributed by atoms with van der Waals surface area (Å²) in [4.78, 5) is 13.4. The van der Waals surface area contributed by atoms with Crippen molar-refractivity contribution in [2.75, 3.05) is 0 Å². The van der Waals surface area contributed by atoms with Crippen LogP contribution < -0.4 is 0 Å². The molecule has 0 aliphatic heterocycles. The minimum Gasteiger partial charge on any atom is -0.332 e. The fraction of sp³-hybridized carbons (Fsp3) is 0.929. The molecule has 2 rings (SSSR count). The molecular formula is C14H23F2NO. The Bertz CT molecular complexity index is 253. The molecule has 2 nitrogen and oxygen atoms in total. The minimum atomic E-state index is -2.84. The number of carbonyl (C=O) groups excluding carboxylic acids is 1. The Morgan fingerprint density at radius 3 is 1.56 bits per heavy atom. The Morgan fingerprint density at radius 1 is 0.833 bits per heavy atom. The molecule has 2 saturated carbocycles. The van der Waals surface area contributed by atoms with E-state index in [-0.39, 0.29) is 12.1 Å². The van der Waals surface area contributed by atoms with Gasteiger partial charge in [0.2, 0.25) is 0 Å². The van der Waals surface area contributed by atoms with Crippen molar-refractivity contribution in [3.05, 3.63) is 0 Å². The van der Waals surface area contributed by atoms with Crippen LogP contribution in [0.15, 0.2) is 0 Å². The van der Waals surface area contributed by atoms with Crippen molar-refractivity contribution in [3.63, 3.8) is 0 Å². The van der Waals surface area contributed by atoms with Crippen molar-refractivity contribution in [3.8, 4) is 0 Å². The third-order valence-corrected chi connectivity index (χ3v) is 4.38. The summed E-state index contributed by atoms with van der Waals surface area (Å²) in [7, 11) is 0. The van der Waals surface area contributed by atoms with Crippen LogP contribution in [0.2, 0.25) is 0 Å². The molecule has 0 N–H and O–H groups in total. The summed E-state index contributed by atoms with van der Waals surface area (Å²) in [5.41, 5.74) is 0. The standard InChI is InChI=1S/C14H23F2NO/c15-13(16)14(18)17(11-7-3-1-4-8-11)12-9-5-2-6-10-12/h11-13H,1-10H2. The third-order valence-electron chi connectivity index (χ3n) is 4.38. The van der Waals surface area contributed by atoms with E-state index in [1.165, 1.54) is 12.8 Å². The number of carbonyl (C=O) groups is 1. The molecule has 104 valence electrons. The number of halogens is 2. The molecule has 0 bridgehead atoms. The lowest BCUT2D eigenvalue weighted by Gasteiger charge is -2.41. The van der Waals surface area contributed by atoms with Crippen molar-refractivity contribution in [1.82, 2.24) is 4.90 Å². The van der Waals surface area contributed by atoms with Gasteiger partial charge >= 0.3 is 6.43 Å². The van der Waals surface area contributed by atoms with Gasteiger partial charge in [0.05, 0.1) is 0 Å². The second kappa shape index (κ2) is 6.48. The highest BCUT2D eigenvalue weighted by atomic mass is 19.3. The van der Waals surface area contributed by atoms with E-state index in [4.69, 9.17) is 0 Å². The lowest BCUT2D eigenvalue weighted by molar-refractivity contribution is -0.150. The normalized spacial score (nSPS) is 23.3. The Kier molecular flexibility index (Phi) is 4.95. The first-order valence-corrected chi connectivity index (χ1v) is 7.30. The van der Waals surface area contributed by atoms with Gasteiger partial charge in [0.1, 0.15) is 0 Å². The van der Waals surface area contributed by atoms with Gasteiger partial charge in [-0.25, -0.2) is 0 Å². The zero-order valence-electron chi connectivity index (χ0n) is 10.9. The molecule has 0 heterocycles. The van der Waals surface area contributed by atoms with Gasteiger partial charge in [-0.05, 0) is 25.7 Å². The average molecular weight is 259 g/mol. The first-order valence-electron chi connectivity index (χ1n) is 7.30. The van der Waals surface area contributed by atoms with Gasteiger partial charge in [0, 0.05) is 12.1 Å². The lowest BCUT2D eigenvalue weighted by Crippen LogP contribution is -2.50. The largest absolute Gasteiger partial charge is 0.332 e. The molecule has 0 unspecified atom stereocenters. The number of amides is 1. The predicted molar refractivity (Wildman–Crippen MR) is 66.6 cm³/mol. The van der Waals surface area contributed by atoms with Crippen LogP contribution in [0.5, 0.6) is 0 Å². The quantitative estimate of drug-likeness (QED) is 0.756. The maximum Gasteiger partial charge on any atom is 0.315 e. The Morgan fingerprint density at radius 2 is 1.22 bits per heavy atom. The summed E-state index contributed by atoms with van der Waals surface area (Å²) in [6.45, 7) is 0. The van der Waals surface area contributed by atoms with Gasteiger partial charge in [0.25, 0.3) is 5.91 Å². The number of alkyl halides is 2. The van der Waals surface area contributed by atoms with Gasteiger partial charge in [0.15, 0.2) is 0 Å². The number of nitrogens with zero attached hydrogens (tertiary/aromatic N) is 1. The molecule has 2 aliphatic carbocycles. The molecule has 1 amide bonds. The third kappa shape index (κ3) is 3.21. The monoisotopic (exact) mass is 259 g/mol. The van der Waals surface area contributed by atoms with E-state index in [2.05, 4.69) is 0 Å². The lowest BCUT2D eigenvalue weighted by atomic mass is 9.88. The van der Waals surface area contributed by atoms with Gasteiger partial charge in [-0.2, -0.15) is 8.78 Å². The van der Waals surface area contributed by atoms with Gasteiger partial charge in [-0.15, -0.1) is 0 Å². The summed E-state index contributed by atoms with van der Waals surface area (Å²) >= 11 is 0. The maximum absolute atomic E-state index is 12.8. The highest BCUT2D eigenvalue weighted by Crippen LogP contribution is 2.31. The molecule has 0 aromatic rings. The van der Waals surface area contributed by atoms with E-state index in [1.807, 2.05) is 0 Å². The molecule has 18 heavy (non-hydrogen) atoms. The zero-order chi connectivity index (χ0) is 13.0. The van der Waals surface area contributed by atoms with Crippen molar-refractivity contribution >= 4 is 5.91 Å². The number of hydrogen-bond acceptors (Lipinski definition) is 1. The maximum atomic E-state index is 12.8. The zero-order valence-corrected chi connectivity index (χ0v) is 10.9. The highest BCUT2D eigenvalue weighted by Gasteiger charge is 2.35. The van der Waals surface area contributed by atoms with Crippen LogP contribution in [-0.2, 0) is 4.79 Å². The van der Waals surface area contributed by atoms with Crippen LogP contribution in [0.1, 0.15) is 64.2 Å². The summed E-state index contributed by atoms with van der Waals surface area (Å²) in [5.74, 6) is -0.922. The van der Waals surface area contributed by atoms with Crippen molar-refractivity contribution < 1.29 is 13.6 Å². The number of hydrogen-bond donors (Lipinski definition) is 0. The average Bonchev–Trinajstić information content (AvgIpc) is 2.41. The van der Waals surface area contributed by atoms with E-state index >= 15 is 0 Å². The van der Waals surface area contributed by atoms with Crippen molar-refractivity contribution in [2.45, 2.75) is 82.7 Å². The molecule has 0 atom stereocenters. The van der Waals surface area contributed by atoms with Crippen LogP contribution in [0, 0.1) is 0 Å². The fourth-order valence-electron chi connectivity index (χ4n) is 3.49. The first kappa shape index (κ1) is 13.8. The molecule has 4 heteroatoms. The molecule has 2 aliphatic rings. The fourth-order valence-corrected chi connectivity index (χ4v) is 3.49. The van der Waals surface area contributed by atoms with Crippen LogP contribution in [0.4, 0.5) is 8.78 Å². The van der Waals surface area contributed by atoms with E-state index < -0.39 is 12.3 Å². The second-order valence-corrected chi connectivity index (χ2v) is 5.63. The van der Waals surface area contributed by atoms with E-state index in [9.17, 15) is 13.6 Å². The van der Waals surface area contributed by atoms with Crippen LogP contribution in [0.3, 0.4) is 0 Å². The van der Waals surface area contributed by atoms with Crippen LogP contribution in [-0.4, -0.2) is 29.3 Å². The van der Waals surface area contributed by atoms with E-state index in [1.54, 1.807) is 4.90 Å². The van der Waals surface area contributed by atoms with Crippen LogP contribution in [0.25, 0.3) is 0 Å². The Labute approximate surface area is 108 Å². The second-order valence-electron chi connectivity index (χ2n) is 5.63.